The second-order valence-electron chi connectivity index (χ2n) is 10.6. The Balaban J connectivity index is 1.74. The molecule has 17 heteroatoms. The maximum atomic E-state index is 13.7. The van der Waals surface area contributed by atoms with Crippen molar-refractivity contribution in [2.24, 2.45) is 16.1 Å². The maximum Gasteiger partial charge on any atom is 0.405 e. The standard InChI is InChI=1S/C26H39N6O9PS/c1-25(2,15-34)23(36)43-11-10-39-42(38,30-12-17-8-6-5-7-9-17)40-14-19-20(35)26(3,37)22(41-19)32-16-29-18(13-33)21(32)31-24(27)28-4/h5-9,13,16,19-20,22,34-35,37H,10-12,14-15H2,1-4H3,(H,30,38)(H3,27,28,31)/t19-,20?,22-,26?,42?/m1/s1. The molecule has 3 rings (SSSR count). The Hall–Kier alpha value is -2.66. The molecule has 3 unspecified atom stereocenters. The summed E-state index contributed by atoms with van der Waals surface area (Å²) in [5.41, 5.74) is 3.67. The highest BCUT2D eigenvalue weighted by Crippen LogP contribution is 2.47. The summed E-state index contributed by atoms with van der Waals surface area (Å²) in [5.74, 6) is 0.180. The molecule has 1 saturated heterocycles. The van der Waals surface area contributed by atoms with E-state index in [1.165, 1.54) is 24.9 Å². The van der Waals surface area contributed by atoms with Crippen LogP contribution in [0.3, 0.4) is 0 Å². The zero-order valence-electron chi connectivity index (χ0n) is 24.4. The summed E-state index contributed by atoms with van der Waals surface area (Å²) in [4.78, 5) is 31.7. The molecular formula is C26H39N6O9PS. The van der Waals surface area contributed by atoms with Crippen molar-refractivity contribution in [2.75, 3.05) is 37.9 Å². The number of carbonyl (C=O) groups excluding carboxylic acids is 2. The van der Waals surface area contributed by atoms with E-state index in [-0.39, 0.29) is 48.1 Å². The number of aldehydes is 1. The zero-order chi connectivity index (χ0) is 31.8. The first kappa shape index (κ1) is 34.8. The van der Waals surface area contributed by atoms with E-state index < -0.39 is 43.8 Å². The number of aliphatic imine (C=N–C) groups is 1. The number of nitrogens with one attached hydrogen (secondary N) is 2. The number of imidazole rings is 1. The number of rotatable bonds is 15. The average Bonchev–Trinajstić information content (AvgIpc) is 3.49. The van der Waals surface area contributed by atoms with Gasteiger partial charge >= 0.3 is 7.75 Å². The quantitative estimate of drug-likeness (QED) is 0.0530. The largest absolute Gasteiger partial charge is 0.405 e. The number of guanidine groups is 1. The Morgan fingerprint density at radius 3 is 2.67 bits per heavy atom. The number of hydrogen-bond donors (Lipinski definition) is 6. The number of benzene rings is 1. The van der Waals surface area contributed by atoms with Gasteiger partial charge in [0.2, 0.25) is 0 Å². The Labute approximate surface area is 253 Å². The van der Waals surface area contributed by atoms with Gasteiger partial charge in [0.15, 0.2) is 23.6 Å². The zero-order valence-corrected chi connectivity index (χ0v) is 26.1. The summed E-state index contributed by atoms with van der Waals surface area (Å²) in [5, 5.41) is 36.8. The molecule has 1 aliphatic heterocycles. The van der Waals surface area contributed by atoms with Gasteiger partial charge in [-0.15, -0.1) is 0 Å². The number of aromatic nitrogens is 2. The van der Waals surface area contributed by atoms with Gasteiger partial charge in [0.25, 0.3) is 0 Å². The minimum atomic E-state index is -4.04. The predicted octanol–water partition coefficient (Wildman–Crippen LogP) is 1.27. The van der Waals surface area contributed by atoms with E-state index in [2.05, 4.69) is 20.4 Å². The van der Waals surface area contributed by atoms with Crippen LogP contribution in [0.15, 0.2) is 41.7 Å². The fourth-order valence-electron chi connectivity index (χ4n) is 3.96. The fourth-order valence-corrected chi connectivity index (χ4v) is 6.20. The molecule has 2 aromatic rings. The average molecular weight is 643 g/mol. The maximum absolute atomic E-state index is 13.7. The third-order valence-corrected chi connectivity index (χ3v) is 9.42. The van der Waals surface area contributed by atoms with Crippen LogP contribution < -0.4 is 16.1 Å². The third-order valence-electron chi connectivity index (χ3n) is 6.68. The smallest absolute Gasteiger partial charge is 0.395 e. The van der Waals surface area contributed by atoms with Crippen LogP contribution in [0, 0.1) is 5.41 Å². The molecule has 7 N–H and O–H groups in total. The van der Waals surface area contributed by atoms with Gasteiger partial charge in [0.05, 0.1) is 31.6 Å². The first-order valence-electron chi connectivity index (χ1n) is 13.3. The molecule has 0 bridgehead atoms. The fraction of sp³-hybridized carbons (Fsp3) is 0.538. The van der Waals surface area contributed by atoms with Crippen molar-refractivity contribution in [2.45, 2.75) is 51.4 Å². The van der Waals surface area contributed by atoms with Crippen LogP contribution in [0.2, 0.25) is 0 Å². The first-order valence-corrected chi connectivity index (χ1v) is 15.8. The van der Waals surface area contributed by atoms with Crippen LogP contribution in [0.4, 0.5) is 5.82 Å². The summed E-state index contributed by atoms with van der Waals surface area (Å²) in [6, 6.07) is 9.09. The van der Waals surface area contributed by atoms with E-state index in [4.69, 9.17) is 19.5 Å². The number of carbonyl (C=O) groups is 2. The molecule has 0 saturated carbocycles. The van der Waals surface area contributed by atoms with Crippen LogP contribution in [0.25, 0.3) is 0 Å². The number of anilines is 1. The molecule has 2 heterocycles. The lowest BCUT2D eigenvalue weighted by Gasteiger charge is -2.28. The van der Waals surface area contributed by atoms with Crippen LogP contribution in [-0.2, 0) is 29.7 Å². The second kappa shape index (κ2) is 14.9. The number of thioether (sulfide) groups is 1. The van der Waals surface area contributed by atoms with E-state index >= 15 is 0 Å². The summed E-state index contributed by atoms with van der Waals surface area (Å²) >= 11 is 0.933. The minimum Gasteiger partial charge on any atom is -0.395 e. The highest BCUT2D eigenvalue weighted by molar-refractivity contribution is 8.13. The van der Waals surface area contributed by atoms with Crippen LogP contribution in [0.1, 0.15) is 43.1 Å². The Morgan fingerprint density at radius 2 is 2.05 bits per heavy atom. The highest BCUT2D eigenvalue weighted by Gasteiger charge is 2.54. The summed E-state index contributed by atoms with van der Waals surface area (Å²) < 4.78 is 32.2. The monoisotopic (exact) mass is 642 g/mol. The molecule has 0 aliphatic carbocycles. The molecule has 238 valence electrons. The normalized spacial score (nSPS) is 24.1. The van der Waals surface area contributed by atoms with Crippen LogP contribution in [0.5, 0.6) is 0 Å². The molecule has 15 nitrogen and oxygen atoms in total. The molecular weight excluding hydrogens is 603 g/mol. The van der Waals surface area contributed by atoms with E-state index in [1.54, 1.807) is 13.8 Å². The third kappa shape index (κ3) is 8.71. The van der Waals surface area contributed by atoms with Gasteiger partial charge in [-0.25, -0.2) is 14.6 Å². The second-order valence-corrected chi connectivity index (χ2v) is 13.5. The number of aliphatic hydroxyl groups is 3. The minimum absolute atomic E-state index is 0.0368. The molecule has 5 atom stereocenters. The molecule has 1 aromatic carbocycles. The topological polar surface area (TPSA) is 220 Å². The van der Waals surface area contributed by atoms with Crippen molar-refractivity contribution in [3.63, 3.8) is 0 Å². The molecule has 0 amide bonds. The van der Waals surface area contributed by atoms with E-state index in [1.807, 2.05) is 30.3 Å². The van der Waals surface area contributed by atoms with E-state index in [0.717, 1.165) is 17.3 Å². The van der Waals surface area contributed by atoms with Crippen molar-refractivity contribution in [1.82, 2.24) is 14.6 Å². The van der Waals surface area contributed by atoms with Gasteiger partial charge in [0.1, 0.15) is 29.3 Å². The summed E-state index contributed by atoms with van der Waals surface area (Å²) in [6.45, 7) is 3.76. The van der Waals surface area contributed by atoms with Crippen molar-refractivity contribution in [3.05, 3.63) is 47.9 Å². The Morgan fingerprint density at radius 1 is 1.35 bits per heavy atom. The lowest BCUT2D eigenvalue weighted by atomic mass is 9.96. The van der Waals surface area contributed by atoms with E-state index in [0.29, 0.717) is 6.29 Å². The lowest BCUT2D eigenvalue weighted by molar-refractivity contribution is -0.119. The van der Waals surface area contributed by atoms with Crippen LogP contribution in [-0.4, -0.2) is 92.7 Å². The van der Waals surface area contributed by atoms with Crippen molar-refractivity contribution in [3.8, 4) is 0 Å². The number of hydrogen-bond acceptors (Lipinski definition) is 12. The van der Waals surface area contributed by atoms with Gasteiger partial charge < -0.3 is 31.1 Å². The molecule has 1 aromatic heterocycles. The highest BCUT2D eigenvalue weighted by atomic mass is 32.2. The van der Waals surface area contributed by atoms with Crippen molar-refractivity contribution >= 4 is 42.7 Å². The Kier molecular flexibility index (Phi) is 12.1. The lowest BCUT2D eigenvalue weighted by Crippen LogP contribution is -2.44. The van der Waals surface area contributed by atoms with Gasteiger partial charge in [0, 0.05) is 19.3 Å². The van der Waals surface area contributed by atoms with Gasteiger partial charge in [-0.2, -0.15) is 0 Å². The predicted molar refractivity (Wildman–Crippen MR) is 160 cm³/mol. The number of ether oxygens (including phenoxy) is 1. The number of nitrogens with zero attached hydrogens (tertiary/aromatic N) is 3. The summed E-state index contributed by atoms with van der Waals surface area (Å²) in [6.07, 6.45) is -2.27. The molecule has 1 aliphatic rings. The number of aliphatic hydroxyl groups excluding tert-OH is 2. The molecule has 0 spiro atoms. The SMILES string of the molecule is CN=C(N)Nc1c(C=O)ncn1[C@@H]1O[C@H](COP(=O)(NCc2ccccc2)OCCSC(=O)C(C)(C)CO)C(O)C1(C)O. The number of nitrogens with two attached hydrogens (primary N) is 1. The van der Waals surface area contributed by atoms with E-state index in [9.17, 15) is 29.5 Å². The van der Waals surface area contributed by atoms with Gasteiger partial charge in [-0.3, -0.25) is 28.2 Å². The van der Waals surface area contributed by atoms with Crippen LogP contribution >= 0.6 is 19.5 Å². The van der Waals surface area contributed by atoms with Gasteiger partial charge in [-0.05, 0) is 26.3 Å². The van der Waals surface area contributed by atoms with Crippen molar-refractivity contribution in [1.29, 1.82) is 0 Å². The summed E-state index contributed by atoms with van der Waals surface area (Å²) in [7, 11) is -2.61. The molecule has 43 heavy (non-hydrogen) atoms. The Bertz CT molecular complexity index is 1320. The van der Waals surface area contributed by atoms with Gasteiger partial charge in [-0.1, -0.05) is 42.1 Å². The molecule has 0 radical (unpaired) electrons. The first-order chi connectivity index (χ1) is 20.3. The van der Waals surface area contributed by atoms with Crippen molar-refractivity contribution < 1.29 is 43.3 Å². The molecule has 1 fully saturated rings.